The molecule has 8 heteroatoms. The smallest absolute Gasteiger partial charge is 0.233 e. The molecule has 1 aliphatic rings. The number of nitrogens with zero attached hydrogens (tertiary/aromatic N) is 3. The molecule has 0 aliphatic carbocycles. The van der Waals surface area contributed by atoms with Crippen LogP contribution < -0.4 is 10.1 Å². The molecule has 0 bridgehead atoms. The summed E-state index contributed by atoms with van der Waals surface area (Å²) in [7, 11) is 1.64. The molecule has 25 heavy (non-hydrogen) atoms. The maximum absolute atomic E-state index is 12.4. The van der Waals surface area contributed by atoms with Crippen LogP contribution in [-0.4, -0.2) is 46.5 Å². The maximum atomic E-state index is 12.4. The molecule has 0 saturated carbocycles. The summed E-state index contributed by atoms with van der Waals surface area (Å²) >= 11 is 2.91. The number of benzene rings is 1. The lowest BCUT2D eigenvalue weighted by molar-refractivity contribution is -0.131. The molecule has 134 valence electrons. The number of methoxy groups -OCH3 is 1. The van der Waals surface area contributed by atoms with E-state index in [2.05, 4.69) is 22.4 Å². The Hall–Kier alpha value is -1.80. The van der Waals surface area contributed by atoms with Crippen LogP contribution in [0.1, 0.15) is 26.2 Å². The van der Waals surface area contributed by atoms with E-state index >= 15 is 0 Å². The summed E-state index contributed by atoms with van der Waals surface area (Å²) in [6.45, 7) is 3.00. The lowest BCUT2D eigenvalue weighted by Gasteiger charge is -2.33. The van der Waals surface area contributed by atoms with Crippen molar-refractivity contribution >= 4 is 39.8 Å². The number of hydrogen-bond acceptors (Lipinski definition) is 7. The van der Waals surface area contributed by atoms with E-state index in [1.165, 1.54) is 29.5 Å². The number of carbonyl (C=O) groups is 1. The highest BCUT2D eigenvalue weighted by Gasteiger charge is 2.23. The van der Waals surface area contributed by atoms with Crippen molar-refractivity contribution in [2.45, 2.75) is 36.6 Å². The highest BCUT2D eigenvalue weighted by Crippen LogP contribution is 2.29. The largest absolute Gasteiger partial charge is 0.497 e. The van der Waals surface area contributed by atoms with Crippen molar-refractivity contribution < 1.29 is 9.53 Å². The molecule has 1 amide bonds. The van der Waals surface area contributed by atoms with Gasteiger partial charge in [0.05, 0.1) is 12.9 Å². The Balaban J connectivity index is 1.51. The van der Waals surface area contributed by atoms with E-state index < -0.39 is 0 Å². The number of likely N-dealkylation sites (tertiary alicyclic amines) is 1. The second kappa shape index (κ2) is 8.53. The Kier molecular flexibility index (Phi) is 6.14. The minimum atomic E-state index is 0.192. The van der Waals surface area contributed by atoms with E-state index in [9.17, 15) is 4.79 Å². The summed E-state index contributed by atoms with van der Waals surface area (Å²) in [5.74, 6) is 1.42. The lowest BCUT2D eigenvalue weighted by atomic mass is 10.0. The number of amides is 1. The normalized spacial score (nSPS) is 17.4. The van der Waals surface area contributed by atoms with Gasteiger partial charge in [-0.25, -0.2) is 0 Å². The second-order valence-corrected chi connectivity index (χ2v) is 8.15. The van der Waals surface area contributed by atoms with E-state index in [1.54, 1.807) is 7.11 Å². The van der Waals surface area contributed by atoms with Gasteiger partial charge in [0.25, 0.3) is 0 Å². The fourth-order valence-electron chi connectivity index (χ4n) is 2.79. The van der Waals surface area contributed by atoms with Crippen LogP contribution in [0.3, 0.4) is 0 Å². The molecule has 2 aromatic rings. The van der Waals surface area contributed by atoms with Crippen molar-refractivity contribution in [1.29, 1.82) is 0 Å². The number of aromatic nitrogens is 2. The Labute approximate surface area is 156 Å². The predicted molar refractivity (Wildman–Crippen MR) is 102 cm³/mol. The van der Waals surface area contributed by atoms with Crippen LogP contribution in [0, 0.1) is 0 Å². The molecular weight excluding hydrogens is 356 g/mol. The van der Waals surface area contributed by atoms with Crippen molar-refractivity contribution in [3.05, 3.63) is 24.3 Å². The van der Waals surface area contributed by atoms with Crippen molar-refractivity contribution in [3.63, 3.8) is 0 Å². The number of thioether (sulfide) groups is 1. The monoisotopic (exact) mass is 378 g/mol. The van der Waals surface area contributed by atoms with Crippen LogP contribution in [-0.2, 0) is 4.79 Å². The second-order valence-electron chi connectivity index (χ2n) is 5.95. The Morgan fingerprint density at radius 1 is 1.36 bits per heavy atom. The molecule has 1 aliphatic heterocycles. The standard InChI is InChI=1S/C17H22N4O2S2/c1-12-5-3-4-10-21(12)15(22)11-24-17-20-19-16(25-17)18-13-6-8-14(23-2)9-7-13/h6-9,12H,3-5,10-11H2,1-2H3,(H,18,19)/t12-/m0/s1. The molecule has 1 fully saturated rings. The molecular formula is C17H22N4O2S2. The minimum absolute atomic E-state index is 0.192. The summed E-state index contributed by atoms with van der Waals surface area (Å²) in [6, 6.07) is 7.97. The van der Waals surface area contributed by atoms with Gasteiger partial charge in [-0.2, -0.15) is 0 Å². The molecule has 0 spiro atoms. The molecule has 0 radical (unpaired) electrons. The van der Waals surface area contributed by atoms with Crippen molar-refractivity contribution in [2.24, 2.45) is 0 Å². The molecule has 1 aromatic carbocycles. The number of carbonyl (C=O) groups excluding carboxylic acids is 1. The van der Waals surface area contributed by atoms with E-state index in [-0.39, 0.29) is 5.91 Å². The van der Waals surface area contributed by atoms with Crippen molar-refractivity contribution in [1.82, 2.24) is 15.1 Å². The number of ether oxygens (including phenoxy) is 1. The highest BCUT2D eigenvalue weighted by atomic mass is 32.2. The Morgan fingerprint density at radius 2 is 2.16 bits per heavy atom. The van der Waals surface area contributed by atoms with Gasteiger partial charge in [0, 0.05) is 18.3 Å². The van der Waals surface area contributed by atoms with Gasteiger partial charge in [-0.05, 0) is 50.5 Å². The van der Waals surface area contributed by atoms with Gasteiger partial charge in [-0.15, -0.1) is 10.2 Å². The third kappa shape index (κ3) is 4.85. The molecule has 2 heterocycles. The zero-order valence-electron chi connectivity index (χ0n) is 14.4. The number of hydrogen-bond donors (Lipinski definition) is 1. The van der Waals surface area contributed by atoms with Crippen LogP contribution in [0.15, 0.2) is 28.6 Å². The topological polar surface area (TPSA) is 67.3 Å². The van der Waals surface area contributed by atoms with Crippen LogP contribution >= 0.6 is 23.1 Å². The van der Waals surface area contributed by atoms with Gasteiger partial charge >= 0.3 is 0 Å². The molecule has 1 N–H and O–H groups in total. The number of rotatable bonds is 6. The summed E-state index contributed by atoms with van der Waals surface area (Å²) in [5, 5.41) is 12.2. The first kappa shape index (κ1) is 18.0. The molecule has 1 atom stereocenters. The average Bonchev–Trinajstić information content (AvgIpc) is 3.08. The summed E-state index contributed by atoms with van der Waals surface area (Å²) in [6.07, 6.45) is 3.43. The highest BCUT2D eigenvalue weighted by molar-refractivity contribution is 8.01. The van der Waals surface area contributed by atoms with E-state index in [1.807, 2.05) is 29.2 Å². The molecule has 0 unspecified atom stereocenters. The van der Waals surface area contributed by atoms with Gasteiger partial charge < -0.3 is 15.0 Å². The zero-order chi connectivity index (χ0) is 17.6. The summed E-state index contributed by atoms with van der Waals surface area (Å²) in [5.41, 5.74) is 0.923. The number of piperidine rings is 1. The van der Waals surface area contributed by atoms with Crippen LogP contribution in [0.2, 0.25) is 0 Å². The first-order chi connectivity index (χ1) is 12.2. The van der Waals surface area contributed by atoms with Crippen LogP contribution in [0.25, 0.3) is 0 Å². The number of nitrogens with one attached hydrogen (secondary N) is 1. The molecule has 1 aromatic heterocycles. The van der Waals surface area contributed by atoms with Gasteiger partial charge in [-0.3, -0.25) is 4.79 Å². The first-order valence-corrected chi connectivity index (χ1v) is 10.1. The van der Waals surface area contributed by atoms with Crippen LogP contribution in [0.5, 0.6) is 5.75 Å². The van der Waals surface area contributed by atoms with E-state index in [4.69, 9.17) is 4.74 Å². The van der Waals surface area contributed by atoms with Gasteiger partial charge in [0.2, 0.25) is 11.0 Å². The van der Waals surface area contributed by atoms with Gasteiger partial charge in [-0.1, -0.05) is 23.1 Å². The lowest BCUT2D eigenvalue weighted by Crippen LogP contribution is -2.42. The third-order valence-corrected chi connectivity index (χ3v) is 6.15. The molecule has 6 nitrogen and oxygen atoms in total. The molecule has 3 rings (SSSR count). The van der Waals surface area contributed by atoms with E-state index in [0.717, 1.165) is 35.2 Å². The summed E-state index contributed by atoms with van der Waals surface area (Å²) in [4.78, 5) is 14.4. The first-order valence-electron chi connectivity index (χ1n) is 8.32. The fourth-order valence-corrected chi connectivity index (χ4v) is 4.45. The minimum Gasteiger partial charge on any atom is -0.497 e. The van der Waals surface area contributed by atoms with E-state index in [0.29, 0.717) is 16.9 Å². The van der Waals surface area contributed by atoms with Crippen molar-refractivity contribution in [2.75, 3.05) is 24.7 Å². The average molecular weight is 379 g/mol. The fraction of sp³-hybridized carbons (Fsp3) is 0.471. The van der Waals surface area contributed by atoms with Gasteiger partial charge in [0.15, 0.2) is 4.34 Å². The Bertz CT molecular complexity index is 705. The predicted octanol–water partition coefficient (Wildman–Crippen LogP) is 3.78. The third-order valence-electron chi connectivity index (χ3n) is 4.19. The zero-order valence-corrected chi connectivity index (χ0v) is 16.0. The quantitative estimate of drug-likeness (QED) is 0.772. The van der Waals surface area contributed by atoms with Gasteiger partial charge in [0.1, 0.15) is 5.75 Å². The van der Waals surface area contributed by atoms with Crippen LogP contribution in [0.4, 0.5) is 10.8 Å². The summed E-state index contributed by atoms with van der Waals surface area (Å²) < 4.78 is 5.94. The SMILES string of the molecule is COc1ccc(Nc2nnc(SCC(=O)N3CCCC[C@@H]3C)s2)cc1. The number of anilines is 2. The van der Waals surface area contributed by atoms with Crippen molar-refractivity contribution in [3.8, 4) is 5.75 Å². The molecule has 1 saturated heterocycles. The maximum Gasteiger partial charge on any atom is 0.233 e. The Morgan fingerprint density at radius 3 is 2.88 bits per heavy atom.